The SMILES string of the molecule is CCc1nc(CN(C)CCn2cnnc2C)no1. The number of aromatic nitrogens is 5. The second-order valence-electron chi connectivity index (χ2n) is 4.27. The molecule has 7 heteroatoms. The molecular weight excluding hydrogens is 232 g/mol. The topological polar surface area (TPSA) is 72.9 Å². The summed E-state index contributed by atoms with van der Waals surface area (Å²) in [6, 6.07) is 0. The Balaban J connectivity index is 1.81. The molecule has 0 saturated heterocycles. The Morgan fingerprint density at radius 3 is 2.89 bits per heavy atom. The first-order valence-electron chi connectivity index (χ1n) is 6.03. The first-order valence-corrected chi connectivity index (χ1v) is 6.03. The molecule has 0 aromatic carbocycles. The largest absolute Gasteiger partial charge is 0.339 e. The molecule has 2 aromatic heterocycles. The fourth-order valence-electron chi connectivity index (χ4n) is 1.63. The first-order chi connectivity index (χ1) is 8.69. The summed E-state index contributed by atoms with van der Waals surface area (Å²) in [5, 5.41) is 11.7. The Morgan fingerprint density at radius 2 is 2.28 bits per heavy atom. The third kappa shape index (κ3) is 3.13. The van der Waals surface area contributed by atoms with Crippen LogP contribution in [0.15, 0.2) is 10.9 Å². The summed E-state index contributed by atoms with van der Waals surface area (Å²) < 4.78 is 7.09. The number of nitrogens with zero attached hydrogens (tertiary/aromatic N) is 6. The molecule has 0 radical (unpaired) electrons. The number of likely N-dealkylation sites (N-methyl/N-ethyl adjacent to an activating group) is 1. The fourth-order valence-corrected chi connectivity index (χ4v) is 1.63. The lowest BCUT2D eigenvalue weighted by Gasteiger charge is -2.14. The van der Waals surface area contributed by atoms with Crippen molar-refractivity contribution in [3.05, 3.63) is 23.9 Å². The molecule has 2 aromatic rings. The molecule has 0 bridgehead atoms. The van der Waals surface area contributed by atoms with Crippen molar-refractivity contribution >= 4 is 0 Å². The van der Waals surface area contributed by atoms with Gasteiger partial charge in [0.25, 0.3) is 0 Å². The summed E-state index contributed by atoms with van der Waals surface area (Å²) in [4.78, 5) is 6.42. The third-order valence-electron chi connectivity index (χ3n) is 2.76. The van der Waals surface area contributed by atoms with Gasteiger partial charge in [0.1, 0.15) is 12.2 Å². The highest BCUT2D eigenvalue weighted by Gasteiger charge is 2.08. The Labute approximate surface area is 106 Å². The number of hydrogen-bond acceptors (Lipinski definition) is 6. The predicted octanol–water partition coefficient (Wildman–Crippen LogP) is 0.664. The van der Waals surface area contributed by atoms with Gasteiger partial charge < -0.3 is 9.09 Å². The molecule has 98 valence electrons. The minimum Gasteiger partial charge on any atom is -0.339 e. The maximum absolute atomic E-state index is 5.07. The molecule has 18 heavy (non-hydrogen) atoms. The molecule has 0 atom stereocenters. The maximum atomic E-state index is 5.07. The summed E-state index contributed by atoms with van der Waals surface area (Å²) in [6.45, 7) is 6.36. The van der Waals surface area contributed by atoms with Crippen LogP contribution in [0.3, 0.4) is 0 Å². The minimum absolute atomic E-state index is 0.685. The maximum Gasteiger partial charge on any atom is 0.226 e. The second-order valence-corrected chi connectivity index (χ2v) is 4.27. The van der Waals surface area contributed by atoms with Crippen molar-refractivity contribution in [2.45, 2.75) is 33.4 Å². The van der Waals surface area contributed by atoms with Crippen LogP contribution in [0, 0.1) is 6.92 Å². The highest BCUT2D eigenvalue weighted by atomic mass is 16.5. The van der Waals surface area contributed by atoms with Crippen molar-refractivity contribution < 1.29 is 4.52 Å². The molecule has 0 fully saturated rings. The lowest BCUT2D eigenvalue weighted by molar-refractivity contribution is 0.294. The first kappa shape index (κ1) is 12.7. The average Bonchev–Trinajstić information content (AvgIpc) is 2.96. The van der Waals surface area contributed by atoms with E-state index in [9.17, 15) is 0 Å². The van der Waals surface area contributed by atoms with Gasteiger partial charge in [-0.25, -0.2) is 0 Å². The quantitative estimate of drug-likeness (QED) is 0.750. The second kappa shape index (κ2) is 5.72. The summed E-state index contributed by atoms with van der Waals surface area (Å²) in [5.41, 5.74) is 0. The molecule has 0 saturated carbocycles. The molecule has 0 unspecified atom stereocenters. The van der Waals surface area contributed by atoms with E-state index in [4.69, 9.17) is 4.52 Å². The van der Waals surface area contributed by atoms with Crippen molar-refractivity contribution in [3.8, 4) is 0 Å². The zero-order valence-electron chi connectivity index (χ0n) is 11.0. The van der Waals surface area contributed by atoms with Crippen LogP contribution in [0.25, 0.3) is 0 Å². The van der Waals surface area contributed by atoms with Crippen LogP contribution < -0.4 is 0 Å². The van der Waals surface area contributed by atoms with Crippen LogP contribution in [0.1, 0.15) is 24.5 Å². The van der Waals surface area contributed by atoms with E-state index in [-0.39, 0.29) is 0 Å². The van der Waals surface area contributed by atoms with Gasteiger partial charge in [-0.1, -0.05) is 12.1 Å². The Bertz CT molecular complexity index is 491. The van der Waals surface area contributed by atoms with Gasteiger partial charge in [-0.2, -0.15) is 4.98 Å². The van der Waals surface area contributed by atoms with Crippen LogP contribution >= 0.6 is 0 Å². The van der Waals surface area contributed by atoms with Crippen molar-refractivity contribution in [2.24, 2.45) is 0 Å². The molecule has 0 aliphatic heterocycles. The van der Waals surface area contributed by atoms with E-state index < -0.39 is 0 Å². The van der Waals surface area contributed by atoms with E-state index >= 15 is 0 Å². The van der Waals surface area contributed by atoms with Gasteiger partial charge in [0.15, 0.2) is 5.82 Å². The molecule has 2 rings (SSSR count). The highest BCUT2D eigenvalue weighted by Crippen LogP contribution is 2.01. The normalized spacial score (nSPS) is 11.3. The van der Waals surface area contributed by atoms with Crippen LogP contribution in [-0.4, -0.2) is 43.4 Å². The summed E-state index contributed by atoms with van der Waals surface area (Å²) in [6.07, 6.45) is 2.52. The van der Waals surface area contributed by atoms with Gasteiger partial charge in [0.05, 0.1) is 6.54 Å². The highest BCUT2D eigenvalue weighted by molar-refractivity contribution is 4.86. The van der Waals surface area contributed by atoms with Crippen molar-refractivity contribution in [3.63, 3.8) is 0 Å². The van der Waals surface area contributed by atoms with Crippen LogP contribution in [-0.2, 0) is 19.5 Å². The molecule has 2 heterocycles. The molecule has 7 nitrogen and oxygen atoms in total. The van der Waals surface area contributed by atoms with E-state index in [1.807, 2.05) is 25.5 Å². The van der Waals surface area contributed by atoms with Crippen LogP contribution in [0.4, 0.5) is 0 Å². The summed E-state index contributed by atoms with van der Waals surface area (Å²) in [7, 11) is 2.03. The van der Waals surface area contributed by atoms with Gasteiger partial charge in [0, 0.05) is 19.5 Å². The lowest BCUT2D eigenvalue weighted by Crippen LogP contribution is -2.23. The number of rotatable bonds is 6. The number of aryl methyl sites for hydroxylation is 2. The van der Waals surface area contributed by atoms with E-state index in [0.717, 1.165) is 31.2 Å². The van der Waals surface area contributed by atoms with Gasteiger partial charge in [0.2, 0.25) is 5.89 Å². The van der Waals surface area contributed by atoms with Crippen molar-refractivity contribution in [1.29, 1.82) is 0 Å². The van der Waals surface area contributed by atoms with Crippen molar-refractivity contribution in [2.75, 3.05) is 13.6 Å². The standard InChI is InChI=1S/C11H18N6O/c1-4-11-13-10(15-18-11)7-16(3)5-6-17-8-12-14-9(17)2/h8H,4-7H2,1-3H3. The van der Waals surface area contributed by atoms with Crippen molar-refractivity contribution in [1.82, 2.24) is 29.8 Å². The monoisotopic (exact) mass is 250 g/mol. The average molecular weight is 250 g/mol. The zero-order valence-corrected chi connectivity index (χ0v) is 11.0. The summed E-state index contributed by atoms with van der Waals surface area (Å²) >= 11 is 0. The molecule has 0 aliphatic carbocycles. The van der Waals surface area contributed by atoms with Gasteiger partial charge in [-0.05, 0) is 14.0 Å². The smallest absolute Gasteiger partial charge is 0.226 e. The van der Waals surface area contributed by atoms with Gasteiger partial charge in [-0.3, -0.25) is 4.90 Å². The Kier molecular flexibility index (Phi) is 4.03. The fraction of sp³-hybridized carbons (Fsp3) is 0.636. The summed E-state index contributed by atoms with van der Waals surface area (Å²) in [5.74, 6) is 2.35. The van der Waals surface area contributed by atoms with Gasteiger partial charge >= 0.3 is 0 Å². The van der Waals surface area contributed by atoms with E-state index in [1.54, 1.807) is 6.33 Å². The minimum atomic E-state index is 0.685. The van der Waals surface area contributed by atoms with Crippen LogP contribution in [0.2, 0.25) is 0 Å². The Morgan fingerprint density at radius 1 is 1.44 bits per heavy atom. The Hall–Kier alpha value is -1.76. The predicted molar refractivity (Wildman–Crippen MR) is 64.8 cm³/mol. The molecule has 0 spiro atoms. The molecule has 0 amide bonds. The molecular formula is C11H18N6O. The van der Waals surface area contributed by atoms with Crippen LogP contribution in [0.5, 0.6) is 0 Å². The zero-order chi connectivity index (χ0) is 13.0. The molecule has 0 N–H and O–H groups in total. The lowest BCUT2D eigenvalue weighted by atomic mass is 10.4. The van der Waals surface area contributed by atoms with E-state index in [1.165, 1.54) is 0 Å². The third-order valence-corrected chi connectivity index (χ3v) is 2.76. The van der Waals surface area contributed by atoms with E-state index in [2.05, 4.69) is 25.2 Å². The van der Waals surface area contributed by atoms with Gasteiger partial charge in [-0.15, -0.1) is 10.2 Å². The molecule has 0 aliphatic rings. The number of hydrogen-bond donors (Lipinski definition) is 0. The van der Waals surface area contributed by atoms with E-state index in [0.29, 0.717) is 12.4 Å².